The standard InChI is InChI=1S/C9H14N2O2/c1-5(2)4-7-8(12)10-6(3)11-9(7)13/h5,7H,4H2,1-3H3,(H,10,11,12,13). The van der Waals surface area contributed by atoms with Gasteiger partial charge in [-0.1, -0.05) is 13.8 Å². The summed E-state index contributed by atoms with van der Waals surface area (Å²) in [5.41, 5.74) is 0. The molecule has 0 aromatic rings. The Bertz CT molecular complexity index is 269. The minimum absolute atomic E-state index is 0.216. The van der Waals surface area contributed by atoms with Crippen LogP contribution in [0.15, 0.2) is 4.99 Å². The van der Waals surface area contributed by atoms with Gasteiger partial charge in [-0.15, -0.1) is 0 Å². The largest absolute Gasteiger partial charge is 0.314 e. The van der Waals surface area contributed by atoms with Gasteiger partial charge in [0.1, 0.15) is 11.8 Å². The average molecular weight is 182 g/mol. The fourth-order valence-corrected chi connectivity index (χ4v) is 1.33. The van der Waals surface area contributed by atoms with Crippen molar-refractivity contribution in [2.75, 3.05) is 0 Å². The highest BCUT2D eigenvalue weighted by Gasteiger charge is 2.30. The van der Waals surface area contributed by atoms with Gasteiger partial charge < -0.3 is 5.32 Å². The highest BCUT2D eigenvalue weighted by atomic mass is 16.2. The maximum atomic E-state index is 11.3. The lowest BCUT2D eigenvalue weighted by atomic mass is 9.95. The van der Waals surface area contributed by atoms with Crippen molar-refractivity contribution >= 4 is 17.6 Å². The van der Waals surface area contributed by atoms with E-state index in [4.69, 9.17) is 0 Å². The smallest absolute Gasteiger partial charge is 0.259 e. The van der Waals surface area contributed by atoms with E-state index in [1.54, 1.807) is 6.92 Å². The molecule has 0 aliphatic carbocycles. The molecule has 1 N–H and O–H groups in total. The Kier molecular flexibility index (Phi) is 2.80. The molecule has 2 amide bonds. The maximum Gasteiger partial charge on any atom is 0.259 e. The topological polar surface area (TPSA) is 58.5 Å². The van der Waals surface area contributed by atoms with Gasteiger partial charge in [0.2, 0.25) is 5.91 Å². The predicted molar refractivity (Wildman–Crippen MR) is 49.2 cm³/mol. The van der Waals surface area contributed by atoms with Crippen LogP contribution in [0.25, 0.3) is 0 Å². The van der Waals surface area contributed by atoms with E-state index in [-0.39, 0.29) is 11.8 Å². The zero-order valence-electron chi connectivity index (χ0n) is 8.13. The van der Waals surface area contributed by atoms with Gasteiger partial charge in [-0.25, -0.2) is 0 Å². The lowest BCUT2D eigenvalue weighted by Gasteiger charge is -2.19. The van der Waals surface area contributed by atoms with Crippen LogP contribution in [0.4, 0.5) is 0 Å². The van der Waals surface area contributed by atoms with E-state index in [2.05, 4.69) is 10.3 Å². The Labute approximate surface area is 77.4 Å². The number of carbonyl (C=O) groups excluding carboxylic acids is 2. The van der Waals surface area contributed by atoms with Crippen LogP contribution in [0.3, 0.4) is 0 Å². The van der Waals surface area contributed by atoms with Crippen molar-refractivity contribution in [1.82, 2.24) is 5.32 Å². The lowest BCUT2D eigenvalue weighted by molar-refractivity contribution is -0.134. The minimum atomic E-state index is -0.580. The van der Waals surface area contributed by atoms with E-state index >= 15 is 0 Å². The van der Waals surface area contributed by atoms with Crippen LogP contribution in [-0.4, -0.2) is 17.6 Å². The monoisotopic (exact) mass is 182 g/mol. The zero-order valence-corrected chi connectivity index (χ0v) is 8.13. The first-order chi connectivity index (χ1) is 6.00. The highest BCUT2D eigenvalue weighted by Crippen LogP contribution is 2.15. The van der Waals surface area contributed by atoms with Crippen LogP contribution in [0.1, 0.15) is 27.2 Å². The van der Waals surface area contributed by atoms with Crippen molar-refractivity contribution in [3.8, 4) is 0 Å². The summed E-state index contributed by atoms with van der Waals surface area (Å²) in [6.07, 6.45) is 0.571. The summed E-state index contributed by atoms with van der Waals surface area (Å²) < 4.78 is 0. The molecule has 1 atom stereocenters. The number of carbonyl (C=O) groups is 2. The van der Waals surface area contributed by atoms with Gasteiger partial charge in [0.25, 0.3) is 5.91 Å². The first kappa shape index (κ1) is 9.89. The number of amides is 2. The maximum absolute atomic E-state index is 11.3. The van der Waals surface area contributed by atoms with E-state index in [1.807, 2.05) is 13.8 Å². The van der Waals surface area contributed by atoms with Crippen LogP contribution < -0.4 is 5.32 Å². The molecule has 4 nitrogen and oxygen atoms in total. The van der Waals surface area contributed by atoms with Crippen LogP contribution in [0, 0.1) is 11.8 Å². The molecule has 1 aliphatic rings. The minimum Gasteiger partial charge on any atom is -0.314 e. The average Bonchev–Trinajstić information content (AvgIpc) is 1.96. The van der Waals surface area contributed by atoms with Crippen molar-refractivity contribution < 1.29 is 9.59 Å². The van der Waals surface area contributed by atoms with Gasteiger partial charge in [-0.2, -0.15) is 4.99 Å². The lowest BCUT2D eigenvalue weighted by Crippen LogP contribution is -2.43. The first-order valence-corrected chi connectivity index (χ1v) is 4.40. The number of aliphatic imine (C=N–C) groups is 1. The fourth-order valence-electron chi connectivity index (χ4n) is 1.33. The number of hydrogen-bond acceptors (Lipinski definition) is 2. The molecule has 72 valence electrons. The Morgan fingerprint density at radius 1 is 1.46 bits per heavy atom. The quantitative estimate of drug-likeness (QED) is 0.640. The van der Waals surface area contributed by atoms with Gasteiger partial charge in [0, 0.05) is 0 Å². The van der Waals surface area contributed by atoms with Crippen molar-refractivity contribution in [3.63, 3.8) is 0 Å². The summed E-state index contributed by atoms with van der Waals surface area (Å²) in [5, 5.41) is 2.56. The third-order valence-corrected chi connectivity index (χ3v) is 1.90. The van der Waals surface area contributed by atoms with Gasteiger partial charge in [0.15, 0.2) is 0 Å². The SMILES string of the molecule is CC1=NC(=O)C(CC(C)C)C(=O)N1. The van der Waals surface area contributed by atoms with Crippen molar-refractivity contribution in [1.29, 1.82) is 0 Å². The van der Waals surface area contributed by atoms with Crippen molar-refractivity contribution in [3.05, 3.63) is 0 Å². The summed E-state index contributed by atoms with van der Waals surface area (Å²) >= 11 is 0. The van der Waals surface area contributed by atoms with E-state index < -0.39 is 5.92 Å². The summed E-state index contributed by atoms with van der Waals surface area (Å²) in [7, 11) is 0. The molecular formula is C9H14N2O2. The summed E-state index contributed by atoms with van der Waals surface area (Å²) in [5.74, 6) is -0.381. The molecular weight excluding hydrogens is 168 g/mol. The third kappa shape index (κ3) is 2.37. The Morgan fingerprint density at radius 2 is 2.08 bits per heavy atom. The van der Waals surface area contributed by atoms with Gasteiger partial charge in [-0.3, -0.25) is 9.59 Å². The molecule has 0 aromatic carbocycles. The van der Waals surface area contributed by atoms with Crippen LogP contribution in [0.5, 0.6) is 0 Å². The Morgan fingerprint density at radius 3 is 2.54 bits per heavy atom. The second-order valence-corrected chi connectivity index (χ2v) is 3.71. The van der Waals surface area contributed by atoms with Crippen LogP contribution in [0.2, 0.25) is 0 Å². The van der Waals surface area contributed by atoms with E-state index in [1.165, 1.54) is 0 Å². The molecule has 0 bridgehead atoms. The molecule has 1 heterocycles. The van der Waals surface area contributed by atoms with Crippen LogP contribution in [-0.2, 0) is 9.59 Å². The highest BCUT2D eigenvalue weighted by molar-refractivity contribution is 6.15. The molecule has 0 saturated carbocycles. The molecule has 0 fully saturated rings. The van der Waals surface area contributed by atoms with Crippen molar-refractivity contribution in [2.45, 2.75) is 27.2 Å². The normalized spacial score (nSPS) is 23.1. The summed E-state index contributed by atoms with van der Waals surface area (Å²) in [6, 6.07) is 0. The number of nitrogens with one attached hydrogen (secondary N) is 1. The second-order valence-electron chi connectivity index (χ2n) is 3.71. The number of nitrogens with zero attached hydrogens (tertiary/aromatic N) is 1. The van der Waals surface area contributed by atoms with E-state index in [9.17, 15) is 9.59 Å². The van der Waals surface area contributed by atoms with Crippen LogP contribution >= 0.6 is 0 Å². The first-order valence-electron chi connectivity index (χ1n) is 4.40. The molecule has 4 heteroatoms. The fraction of sp³-hybridized carbons (Fsp3) is 0.667. The molecule has 0 radical (unpaired) electrons. The Hall–Kier alpha value is -1.19. The van der Waals surface area contributed by atoms with Gasteiger partial charge >= 0.3 is 0 Å². The molecule has 0 saturated heterocycles. The van der Waals surface area contributed by atoms with Crippen molar-refractivity contribution in [2.24, 2.45) is 16.8 Å². The van der Waals surface area contributed by atoms with E-state index in [0.29, 0.717) is 18.2 Å². The second kappa shape index (κ2) is 3.68. The number of rotatable bonds is 2. The molecule has 1 aliphatic heterocycles. The number of hydrogen-bond donors (Lipinski definition) is 1. The van der Waals surface area contributed by atoms with E-state index in [0.717, 1.165) is 0 Å². The molecule has 13 heavy (non-hydrogen) atoms. The Balaban J connectivity index is 2.75. The van der Waals surface area contributed by atoms with Gasteiger partial charge in [-0.05, 0) is 19.3 Å². The zero-order chi connectivity index (χ0) is 10.0. The summed E-state index contributed by atoms with van der Waals surface area (Å²) in [6.45, 7) is 5.57. The molecule has 0 aromatic heterocycles. The molecule has 1 unspecified atom stereocenters. The van der Waals surface area contributed by atoms with Gasteiger partial charge in [0.05, 0.1) is 0 Å². The number of amidine groups is 1. The molecule has 0 spiro atoms. The predicted octanol–water partition coefficient (Wildman–Crippen LogP) is 0.724. The molecule has 1 rings (SSSR count). The third-order valence-electron chi connectivity index (χ3n) is 1.90. The summed E-state index contributed by atoms with van der Waals surface area (Å²) in [4.78, 5) is 26.4.